The van der Waals surface area contributed by atoms with Crippen molar-refractivity contribution in [3.8, 4) is 6.01 Å². The van der Waals surface area contributed by atoms with E-state index in [9.17, 15) is 9.59 Å². The van der Waals surface area contributed by atoms with E-state index in [4.69, 9.17) is 21.3 Å². The molecule has 174 valence electrons. The molecule has 0 saturated heterocycles. The second-order valence-corrected chi connectivity index (χ2v) is 9.21. The van der Waals surface area contributed by atoms with Gasteiger partial charge in [-0.2, -0.15) is 4.98 Å². The molecule has 1 amide bonds. The van der Waals surface area contributed by atoms with Gasteiger partial charge in [0.15, 0.2) is 5.69 Å². The maximum Gasteiger partial charge on any atom is 0.299 e. The molecule has 1 aliphatic carbocycles. The molecule has 2 aromatic heterocycles. The SMILES string of the molecule is CSNC(=O)c1nc(Cl)ccc1NC(C)c1cc(C)cc2c(=O)n(C)c(OC3CCC3)nc12. The number of aromatic nitrogens is 3. The number of nitrogens with one attached hydrogen (secondary N) is 2. The predicted octanol–water partition coefficient (Wildman–Crippen LogP) is 4.40. The number of carbonyl (C=O) groups excluding carboxylic acids is 1. The summed E-state index contributed by atoms with van der Waals surface area (Å²) < 4.78 is 10.1. The van der Waals surface area contributed by atoms with Crippen molar-refractivity contribution in [2.75, 3.05) is 11.6 Å². The van der Waals surface area contributed by atoms with Crippen LogP contribution in [0.5, 0.6) is 6.01 Å². The highest BCUT2D eigenvalue weighted by Crippen LogP contribution is 2.30. The first-order valence-electron chi connectivity index (χ1n) is 10.7. The van der Waals surface area contributed by atoms with Crippen molar-refractivity contribution in [2.45, 2.75) is 45.3 Å². The van der Waals surface area contributed by atoms with Gasteiger partial charge in [-0.05, 0) is 56.9 Å². The molecule has 0 radical (unpaired) electrons. The van der Waals surface area contributed by atoms with Gasteiger partial charge in [0.25, 0.3) is 17.5 Å². The van der Waals surface area contributed by atoms with Gasteiger partial charge in [-0.3, -0.25) is 18.9 Å². The van der Waals surface area contributed by atoms with Gasteiger partial charge in [0.05, 0.1) is 22.6 Å². The van der Waals surface area contributed by atoms with Crippen molar-refractivity contribution in [3.63, 3.8) is 0 Å². The minimum atomic E-state index is -0.350. The number of fused-ring (bicyclic) bond motifs is 1. The molecular formula is C23H26ClN5O3S. The Bertz CT molecular complexity index is 1280. The number of carbonyl (C=O) groups is 1. The molecule has 1 aromatic carbocycles. The molecule has 3 aromatic rings. The number of halogens is 1. The van der Waals surface area contributed by atoms with E-state index in [0.29, 0.717) is 22.6 Å². The maximum absolute atomic E-state index is 13.1. The van der Waals surface area contributed by atoms with E-state index in [2.05, 4.69) is 15.0 Å². The second-order valence-electron chi connectivity index (χ2n) is 8.21. The molecule has 4 rings (SSSR count). The van der Waals surface area contributed by atoms with Gasteiger partial charge in [0, 0.05) is 18.9 Å². The van der Waals surface area contributed by atoms with Crippen LogP contribution in [0.25, 0.3) is 10.9 Å². The quantitative estimate of drug-likeness (QED) is 0.376. The Hall–Kier alpha value is -2.78. The van der Waals surface area contributed by atoms with E-state index in [0.717, 1.165) is 30.4 Å². The summed E-state index contributed by atoms with van der Waals surface area (Å²) in [6, 6.07) is 7.21. The fraction of sp³-hybridized carbons (Fsp3) is 0.391. The number of amides is 1. The van der Waals surface area contributed by atoms with Crippen LogP contribution >= 0.6 is 23.5 Å². The van der Waals surface area contributed by atoms with Crippen LogP contribution in [0.2, 0.25) is 5.15 Å². The topological polar surface area (TPSA) is 98.1 Å². The number of aryl methyl sites for hydroxylation is 1. The third-order valence-corrected chi connectivity index (χ3v) is 6.35. The van der Waals surface area contributed by atoms with Crippen LogP contribution in [0.1, 0.15) is 53.8 Å². The normalized spacial score (nSPS) is 14.6. The smallest absolute Gasteiger partial charge is 0.299 e. The van der Waals surface area contributed by atoms with E-state index in [1.807, 2.05) is 26.0 Å². The minimum absolute atomic E-state index is 0.0997. The summed E-state index contributed by atoms with van der Waals surface area (Å²) in [7, 11) is 1.68. The molecule has 1 saturated carbocycles. The lowest BCUT2D eigenvalue weighted by Crippen LogP contribution is -2.29. The second kappa shape index (κ2) is 9.61. The highest BCUT2D eigenvalue weighted by atomic mass is 35.5. The van der Waals surface area contributed by atoms with Crippen LogP contribution in [0.15, 0.2) is 29.1 Å². The van der Waals surface area contributed by atoms with E-state index in [1.165, 1.54) is 16.5 Å². The van der Waals surface area contributed by atoms with Gasteiger partial charge in [0.2, 0.25) is 0 Å². The summed E-state index contributed by atoms with van der Waals surface area (Å²) in [6.07, 6.45) is 4.92. The number of hydrogen-bond acceptors (Lipinski definition) is 7. The van der Waals surface area contributed by atoms with Crippen molar-refractivity contribution < 1.29 is 9.53 Å². The Labute approximate surface area is 201 Å². The van der Waals surface area contributed by atoms with Crippen molar-refractivity contribution in [3.05, 3.63) is 56.6 Å². The molecule has 0 aliphatic heterocycles. The number of ether oxygens (including phenoxy) is 1. The molecule has 1 fully saturated rings. The third-order valence-electron chi connectivity index (χ3n) is 5.75. The summed E-state index contributed by atoms with van der Waals surface area (Å²) in [6.45, 7) is 3.89. The first-order valence-corrected chi connectivity index (χ1v) is 12.3. The molecule has 0 spiro atoms. The molecule has 1 atom stereocenters. The average Bonchev–Trinajstić information content (AvgIpc) is 2.75. The highest BCUT2D eigenvalue weighted by molar-refractivity contribution is 7.97. The Kier molecular flexibility index (Phi) is 6.81. The zero-order valence-electron chi connectivity index (χ0n) is 18.9. The van der Waals surface area contributed by atoms with E-state index in [1.54, 1.807) is 25.4 Å². The summed E-state index contributed by atoms with van der Waals surface area (Å²) in [5, 5.41) is 4.10. The van der Waals surface area contributed by atoms with Crippen LogP contribution in [0.3, 0.4) is 0 Å². The average molecular weight is 488 g/mol. The first kappa shape index (κ1) is 23.4. The zero-order chi connectivity index (χ0) is 23.7. The summed E-state index contributed by atoms with van der Waals surface area (Å²) in [5.74, 6) is -0.350. The molecule has 33 heavy (non-hydrogen) atoms. The lowest BCUT2D eigenvalue weighted by molar-refractivity contribution is 0.0980. The molecule has 1 unspecified atom stereocenters. The third kappa shape index (κ3) is 4.79. The Morgan fingerprint density at radius 2 is 2.06 bits per heavy atom. The van der Waals surface area contributed by atoms with Gasteiger partial charge in [-0.25, -0.2) is 4.98 Å². The fourth-order valence-corrected chi connectivity index (χ4v) is 4.21. The standard InChI is InChI=1S/C23H26ClN5O3S/c1-12-10-15(13(2)25-17-8-9-18(24)26-20(17)21(30)28-33-4)19-16(11-12)22(31)29(3)23(27-19)32-14-6-5-7-14/h8-11,13-14,25H,5-7H2,1-4H3,(H,28,30). The first-order chi connectivity index (χ1) is 15.8. The predicted molar refractivity (Wildman–Crippen MR) is 132 cm³/mol. The largest absolute Gasteiger partial charge is 0.461 e. The molecule has 8 nitrogen and oxygen atoms in total. The van der Waals surface area contributed by atoms with Gasteiger partial charge in [-0.1, -0.05) is 29.6 Å². The highest BCUT2D eigenvalue weighted by Gasteiger charge is 2.24. The molecule has 2 N–H and O–H groups in total. The summed E-state index contributed by atoms with van der Waals surface area (Å²) >= 11 is 7.22. The van der Waals surface area contributed by atoms with Gasteiger partial charge >= 0.3 is 0 Å². The van der Waals surface area contributed by atoms with Crippen molar-refractivity contribution >= 4 is 46.0 Å². The number of anilines is 1. The maximum atomic E-state index is 13.1. The lowest BCUT2D eigenvalue weighted by Gasteiger charge is -2.27. The minimum Gasteiger partial charge on any atom is -0.461 e. The van der Waals surface area contributed by atoms with Gasteiger partial charge < -0.3 is 10.1 Å². The van der Waals surface area contributed by atoms with E-state index in [-0.39, 0.29) is 34.5 Å². The van der Waals surface area contributed by atoms with Crippen LogP contribution in [-0.4, -0.2) is 32.8 Å². The number of benzene rings is 1. The lowest BCUT2D eigenvalue weighted by atomic mass is 9.96. The summed E-state index contributed by atoms with van der Waals surface area (Å²) in [5.41, 5.74) is 2.91. The van der Waals surface area contributed by atoms with Crippen LogP contribution in [0.4, 0.5) is 5.69 Å². The van der Waals surface area contributed by atoms with E-state index >= 15 is 0 Å². The monoisotopic (exact) mass is 487 g/mol. The van der Waals surface area contributed by atoms with Gasteiger partial charge in [0.1, 0.15) is 11.3 Å². The number of rotatable bonds is 7. The Morgan fingerprint density at radius 1 is 1.30 bits per heavy atom. The molecule has 10 heteroatoms. The number of pyridine rings is 1. The Morgan fingerprint density at radius 3 is 2.73 bits per heavy atom. The Balaban J connectivity index is 1.76. The fourth-order valence-electron chi connectivity index (χ4n) is 3.78. The number of hydrogen-bond donors (Lipinski definition) is 2. The summed E-state index contributed by atoms with van der Waals surface area (Å²) in [4.78, 5) is 34.6. The van der Waals surface area contributed by atoms with E-state index < -0.39 is 0 Å². The molecule has 2 heterocycles. The van der Waals surface area contributed by atoms with Crippen LogP contribution < -0.4 is 20.3 Å². The molecular weight excluding hydrogens is 462 g/mol. The van der Waals surface area contributed by atoms with Crippen LogP contribution in [-0.2, 0) is 7.05 Å². The van der Waals surface area contributed by atoms with Gasteiger partial charge in [-0.15, -0.1) is 0 Å². The molecule has 0 bridgehead atoms. The van der Waals surface area contributed by atoms with Crippen molar-refractivity contribution in [2.24, 2.45) is 7.05 Å². The van der Waals surface area contributed by atoms with Crippen LogP contribution in [0, 0.1) is 6.92 Å². The van der Waals surface area contributed by atoms with Crippen molar-refractivity contribution in [1.82, 2.24) is 19.3 Å². The van der Waals surface area contributed by atoms with Crippen molar-refractivity contribution in [1.29, 1.82) is 0 Å². The zero-order valence-corrected chi connectivity index (χ0v) is 20.5. The molecule has 1 aliphatic rings. The number of nitrogens with zero attached hydrogens (tertiary/aromatic N) is 3.